The summed E-state index contributed by atoms with van der Waals surface area (Å²) in [7, 11) is 1.59. The van der Waals surface area contributed by atoms with Gasteiger partial charge < -0.3 is 19.9 Å². The Morgan fingerprint density at radius 2 is 1.97 bits per heavy atom. The maximum atomic E-state index is 13.3. The Balaban J connectivity index is 1.61. The predicted molar refractivity (Wildman–Crippen MR) is 109 cm³/mol. The molecule has 0 saturated carbocycles. The van der Waals surface area contributed by atoms with Crippen LogP contribution in [0.5, 0.6) is 5.75 Å². The molecule has 4 rings (SSSR count). The van der Waals surface area contributed by atoms with E-state index in [4.69, 9.17) is 15.0 Å². The second-order valence-electron chi connectivity index (χ2n) is 7.27. The van der Waals surface area contributed by atoms with Crippen LogP contribution in [0, 0.1) is 13.8 Å². The van der Waals surface area contributed by atoms with Gasteiger partial charge in [0.25, 0.3) is 5.91 Å². The third kappa shape index (κ3) is 3.22. The molecule has 1 aliphatic heterocycles. The van der Waals surface area contributed by atoms with Crippen molar-refractivity contribution in [3.05, 3.63) is 53.0 Å². The van der Waals surface area contributed by atoms with Crippen LogP contribution in [0.2, 0.25) is 0 Å². The fourth-order valence-electron chi connectivity index (χ4n) is 3.87. The second-order valence-corrected chi connectivity index (χ2v) is 7.27. The van der Waals surface area contributed by atoms with Crippen LogP contribution >= 0.6 is 0 Å². The van der Waals surface area contributed by atoms with E-state index in [9.17, 15) is 9.59 Å². The van der Waals surface area contributed by atoms with Crippen molar-refractivity contribution < 1.29 is 18.8 Å². The third-order valence-corrected chi connectivity index (χ3v) is 5.45. The normalized spacial score (nSPS) is 16.1. The van der Waals surface area contributed by atoms with E-state index in [-0.39, 0.29) is 17.5 Å². The molecule has 1 saturated heterocycles. The molecule has 0 radical (unpaired) electrons. The van der Waals surface area contributed by atoms with Gasteiger partial charge in [0.2, 0.25) is 0 Å². The summed E-state index contributed by atoms with van der Waals surface area (Å²) in [6.45, 7) is 3.90. The number of ether oxygens (including phenoxy) is 1. The number of hydrogen-bond acceptors (Lipinski definition) is 7. The zero-order valence-corrected chi connectivity index (χ0v) is 17.1. The molecule has 9 nitrogen and oxygen atoms in total. The number of aromatic nitrogens is 3. The molecule has 30 heavy (non-hydrogen) atoms. The molecule has 2 aromatic heterocycles. The fraction of sp³-hybridized carbons (Fsp3) is 0.333. The van der Waals surface area contributed by atoms with Crippen molar-refractivity contribution in [1.82, 2.24) is 19.8 Å². The van der Waals surface area contributed by atoms with E-state index >= 15 is 0 Å². The number of likely N-dealkylation sites (tertiary alicyclic amines) is 1. The van der Waals surface area contributed by atoms with E-state index in [0.29, 0.717) is 47.0 Å². The SMILES string of the molecule is COc1ccc(-n2ncc(C(=O)[C@@H]3CCCN3C(=O)c3c(C)noc3C)c2N)cc1. The number of methoxy groups -OCH3 is 1. The zero-order chi connectivity index (χ0) is 21.4. The van der Waals surface area contributed by atoms with Gasteiger partial charge in [-0.05, 0) is 51.0 Å². The van der Waals surface area contributed by atoms with Crippen LogP contribution in [0.15, 0.2) is 35.0 Å². The third-order valence-electron chi connectivity index (χ3n) is 5.45. The summed E-state index contributed by atoms with van der Waals surface area (Å²) in [5.74, 6) is 0.928. The fourth-order valence-corrected chi connectivity index (χ4v) is 3.87. The number of anilines is 1. The lowest BCUT2D eigenvalue weighted by Crippen LogP contribution is -2.41. The molecule has 3 heterocycles. The number of carbonyl (C=O) groups excluding carboxylic acids is 2. The molecule has 1 aliphatic rings. The van der Waals surface area contributed by atoms with Crippen molar-refractivity contribution in [2.24, 2.45) is 0 Å². The van der Waals surface area contributed by atoms with Gasteiger partial charge in [0.1, 0.15) is 22.9 Å². The summed E-state index contributed by atoms with van der Waals surface area (Å²) in [6.07, 6.45) is 2.76. The first-order valence-corrected chi connectivity index (χ1v) is 9.68. The highest BCUT2D eigenvalue weighted by atomic mass is 16.5. The van der Waals surface area contributed by atoms with Crippen molar-refractivity contribution in [2.45, 2.75) is 32.7 Å². The minimum atomic E-state index is -0.595. The molecule has 0 spiro atoms. The van der Waals surface area contributed by atoms with Gasteiger partial charge in [0, 0.05) is 6.54 Å². The molecule has 0 aliphatic carbocycles. The molecular weight excluding hydrogens is 386 g/mol. The van der Waals surface area contributed by atoms with E-state index in [2.05, 4.69) is 10.3 Å². The summed E-state index contributed by atoms with van der Waals surface area (Å²) in [6, 6.07) is 6.60. The van der Waals surface area contributed by atoms with E-state index in [1.165, 1.54) is 10.9 Å². The van der Waals surface area contributed by atoms with E-state index < -0.39 is 6.04 Å². The topological polar surface area (TPSA) is 116 Å². The Bertz CT molecular complexity index is 1080. The maximum Gasteiger partial charge on any atom is 0.259 e. The number of benzene rings is 1. The highest BCUT2D eigenvalue weighted by Crippen LogP contribution is 2.28. The van der Waals surface area contributed by atoms with Crippen LogP contribution in [0.1, 0.15) is 45.0 Å². The lowest BCUT2D eigenvalue weighted by molar-refractivity contribution is 0.0670. The molecule has 1 atom stereocenters. The summed E-state index contributed by atoms with van der Waals surface area (Å²) >= 11 is 0. The first kappa shape index (κ1) is 19.7. The highest BCUT2D eigenvalue weighted by Gasteiger charge is 2.38. The minimum absolute atomic E-state index is 0.218. The lowest BCUT2D eigenvalue weighted by atomic mass is 10.0. The number of nitrogens with two attached hydrogens (primary N) is 1. The number of Topliss-reactive ketones (excluding diaryl/α,β-unsaturated/α-hetero) is 1. The van der Waals surface area contributed by atoms with Crippen LogP contribution < -0.4 is 10.5 Å². The summed E-state index contributed by atoms with van der Waals surface area (Å²) in [5, 5.41) is 8.13. The van der Waals surface area contributed by atoms with E-state index in [1.54, 1.807) is 50.1 Å². The summed E-state index contributed by atoms with van der Waals surface area (Å²) < 4.78 is 11.8. The molecule has 0 bridgehead atoms. The number of rotatable bonds is 5. The summed E-state index contributed by atoms with van der Waals surface area (Å²) in [5.41, 5.74) is 8.20. The minimum Gasteiger partial charge on any atom is -0.497 e. The molecule has 9 heteroatoms. The van der Waals surface area contributed by atoms with Gasteiger partial charge >= 0.3 is 0 Å². The second kappa shape index (κ2) is 7.66. The largest absolute Gasteiger partial charge is 0.497 e. The highest BCUT2D eigenvalue weighted by molar-refractivity contribution is 6.07. The smallest absolute Gasteiger partial charge is 0.259 e. The van der Waals surface area contributed by atoms with Gasteiger partial charge in [-0.1, -0.05) is 5.16 Å². The van der Waals surface area contributed by atoms with Gasteiger partial charge in [-0.25, -0.2) is 4.68 Å². The number of nitrogen functional groups attached to an aromatic ring is 1. The Labute approximate surface area is 173 Å². The van der Waals surface area contributed by atoms with Crippen LogP contribution in [0.25, 0.3) is 5.69 Å². The Kier molecular flexibility index (Phi) is 5.03. The van der Waals surface area contributed by atoms with Gasteiger partial charge in [0.05, 0.1) is 36.3 Å². The van der Waals surface area contributed by atoms with Crippen molar-refractivity contribution in [3.8, 4) is 11.4 Å². The average Bonchev–Trinajstić information content (AvgIpc) is 3.46. The van der Waals surface area contributed by atoms with Crippen LogP contribution in [0.3, 0.4) is 0 Å². The molecule has 156 valence electrons. The monoisotopic (exact) mass is 409 g/mol. The maximum absolute atomic E-state index is 13.3. The number of aryl methyl sites for hydroxylation is 2. The van der Waals surface area contributed by atoms with Gasteiger partial charge in [-0.15, -0.1) is 0 Å². The molecule has 2 N–H and O–H groups in total. The number of nitrogens with zero attached hydrogens (tertiary/aromatic N) is 4. The number of hydrogen-bond donors (Lipinski definition) is 1. The van der Waals surface area contributed by atoms with Crippen molar-refractivity contribution in [3.63, 3.8) is 0 Å². The molecule has 1 fully saturated rings. The standard InChI is InChI=1S/C21H23N5O4/c1-12-18(13(2)30-24-12)21(28)25-10-4-5-17(25)19(27)16-11-23-26(20(16)22)14-6-8-15(29-3)9-7-14/h6-9,11,17H,4-5,10,22H2,1-3H3/t17-/m0/s1. The first-order valence-electron chi connectivity index (χ1n) is 9.68. The van der Waals surface area contributed by atoms with Crippen molar-refractivity contribution in [2.75, 3.05) is 19.4 Å². The van der Waals surface area contributed by atoms with Crippen LogP contribution in [-0.4, -0.2) is 51.2 Å². The van der Waals surface area contributed by atoms with Gasteiger partial charge in [-0.3, -0.25) is 9.59 Å². The zero-order valence-electron chi connectivity index (χ0n) is 17.1. The van der Waals surface area contributed by atoms with Gasteiger partial charge in [0.15, 0.2) is 5.78 Å². The average molecular weight is 409 g/mol. The van der Waals surface area contributed by atoms with Gasteiger partial charge in [-0.2, -0.15) is 5.10 Å². The molecule has 1 amide bonds. The van der Waals surface area contributed by atoms with E-state index in [1.807, 2.05) is 0 Å². The van der Waals surface area contributed by atoms with Crippen molar-refractivity contribution >= 4 is 17.5 Å². The number of ketones is 1. The van der Waals surface area contributed by atoms with Crippen molar-refractivity contribution in [1.29, 1.82) is 0 Å². The predicted octanol–water partition coefficient (Wildman–Crippen LogP) is 2.56. The Hall–Kier alpha value is -3.62. The molecule has 0 unspecified atom stereocenters. The Morgan fingerprint density at radius 3 is 2.60 bits per heavy atom. The van der Waals surface area contributed by atoms with E-state index in [0.717, 1.165) is 6.42 Å². The lowest BCUT2D eigenvalue weighted by Gasteiger charge is -2.23. The quantitative estimate of drug-likeness (QED) is 0.644. The summed E-state index contributed by atoms with van der Waals surface area (Å²) in [4.78, 5) is 27.9. The number of amides is 1. The first-order chi connectivity index (χ1) is 14.4. The molecule has 1 aromatic carbocycles. The Morgan fingerprint density at radius 1 is 1.23 bits per heavy atom. The molecule has 3 aromatic rings. The molecular formula is C21H23N5O4. The number of carbonyl (C=O) groups is 2. The van der Waals surface area contributed by atoms with Crippen LogP contribution in [0.4, 0.5) is 5.82 Å². The van der Waals surface area contributed by atoms with Crippen LogP contribution in [-0.2, 0) is 0 Å².